The molecule has 10 heteroatoms. The number of para-hydroxylation sites is 1. The molecule has 0 aliphatic heterocycles. The molecule has 0 aliphatic carbocycles. The highest BCUT2D eigenvalue weighted by Crippen LogP contribution is 2.19. The predicted octanol–water partition coefficient (Wildman–Crippen LogP) is 3.72. The van der Waals surface area contributed by atoms with Crippen LogP contribution in [0.3, 0.4) is 0 Å². The van der Waals surface area contributed by atoms with Crippen molar-refractivity contribution in [1.82, 2.24) is 20.1 Å². The zero-order chi connectivity index (χ0) is 24.8. The van der Waals surface area contributed by atoms with E-state index in [2.05, 4.69) is 20.7 Å². The molecule has 3 rings (SSSR count). The first-order valence-electron chi connectivity index (χ1n) is 10.7. The van der Waals surface area contributed by atoms with E-state index in [4.69, 9.17) is 16.3 Å². The van der Waals surface area contributed by atoms with Crippen molar-refractivity contribution in [3.63, 3.8) is 0 Å². The quantitative estimate of drug-likeness (QED) is 0.472. The van der Waals surface area contributed by atoms with E-state index in [0.717, 1.165) is 11.4 Å². The van der Waals surface area contributed by atoms with Crippen LogP contribution in [0.5, 0.6) is 0 Å². The molecule has 0 atom stereocenters. The van der Waals surface area contributed by atoms with E-state index in [1.165, 1.54) is 6.07 Å². The molecule has 2 aromatic heterocycles. The standard InChI is InChI=1S/C24H26ClN5O4/c1-14(2)12-26-23(32)17-7-5-6-8-19(17)27-21(31)13-34-24(33)22-18(25)9-10-20(28-22)30-16(4)11-15(3)29-30/h5-11,14H,12-13H2,1-4H3,(H,26,32)(H,27,31). The van der Waals surface area contributed by atoms with Gasteiger partial charge in [0.05, 0.1) is 22.0 Å². The summed E-state index contributed by atoms with van der Waals surface area (Å²) in [5.41, 5.74) is 2.13. The Balaban J connectivity index is 1.66. The number of nitrogens with one attached hydrogen (secondary N) is 2. The van der Waals surface area contributed by atoms with E-state index in [9.17, 15) is 14.4 Å². The maximum atomic E-state index is 12.6. The average Bonchev–Trinajstić information content (AvgIpc) is 3.14. The maximum Gasteiger partial charge on any atom is 0.359 e. The van der Waals surface area contributed by atoms with Crippen LogP contribution in [0.15, 0.2) is 42.5 Å². The molecule has 178 valence electrons. The molecule has 34 heavy (non-hydrogen) atoms. The summed E-state index contributed by atoms with van der Waals surface area (Å²) in [6, 6.07) is 11.6. The first-order valence-corrected chi connectivity index (χ1v) is 11.1. The van der Waals surface area contributed by atoms with E-state index in [1.807, 2.05) is 33.8 Å². The van der Waals surface area contributed by atoms with Gasteiger partial charge in [0.1, 0.15) is 0 Å². The summed E-state index contributed by atoms with van der Waals surface area (Å²) in [5, 5.41) is 9.84. The zero-order valence-corrected chi connectivity index (χ0v) is 20.1. The zero-order valence-electron chi connectivity index (χ0n) is 19.4. The summed E-state index contributed by atoms with van der Waals surface area (Å²) < 4.78 is 6.70. The number of pyridine rings is 1. The number of aromatic nitrogens is 3. The summed E-state index contributed by atoms with van der Waals surface area (Å²) in [6.07, 6.45) is 0. The van der Waals surface area contributed by atoms with Crippen molar-refractivity contribution in [3.05, 3.63) is 70.1 Å². The van der Waals surface area contributed by atoms with Gasteiger partial charge in [0.25, 0.3) is 11.8 Å². The Morgan fingerprint density at radius 3 is 2.53 bits per heavy atom. The normalized spacial score (nSPS) is 10.8. The molecule has 3 aromatic rings. The molecule has 2 amide bonds. The number of ether oxygens (including phenoxy) is 1. The van der Waals surface area contributed by atoms with Crippen molar-refractivity contribution < 1.29 is 19.1 Å². The number of benzene rings is 1. The third kappa shape index (κ3) is 6.20. The van der Waals surface area contributed by atoms with E-state index < -0.39 is 18.5 Å². The van der Waals surface area contributed by atoms with Crippen LogP contribution in [0.2, 0.25) is 5.02 Å². The molecule has 9 nitrogen and oxygen atoms in total. The van der Waals surface area contributed by atoms with Gasteiger partial charge in [0, 0.05) is 12.2 Å². The molecular formula is C24H26ClN5O4. The monoisotopic (exact) mass is 483 g/mol. The summed E-state index contributed by atoms with van der Waals surface area (Å²) in [4.78, 5) is 41.7. The third-order valence-electron chi connectivity index (χ3n) is 4.70. The second kappa shape index (κ2) is 10.9. The minimum Gasteiger partial charge on any atom is -0.451 e. The van der Waals surface area contributed by atoms with Gasteiger partial charge in [-0.25, -0.2) is 14.5 Å². The van der Waals surface area contributed by atoms with E-state index in [1.54, 1.807) is 35.0 Å². The number of halogens is 1. The Hall–Kier alpha value is -3.72. The van der Waals surface area contributed by atoms with E-state index in [-0.39, 0.29) is 22.5 Å². The largest absolute Gasteiger partial charge is 0.451 e. The van der Waals surface area contributed by atoms with Crippen LogP contribution in [-0.4, -0.2) is 45.7 Å². The van der Waals surface area contributed by atoms with Crippen molar-refractivity contribution in [2.75, 3.05) is 18.5 Å². The van der Waals surface area contributed by atoms with E-state index in [0.29, 0.717) is 23.6 Å². The number of hydrogen-bond donors (Lipinski definition) is 2. The van der Waals surface area contributed by atoms with Gasteiger partial charge in [0.2, 0.25) is 0 Å². The van der Waals surface area contributed by atoms with Crippen LogP contribution < -0.4 is 10.6 Å². The molecule has 2 heterocycles. The number of esters is 1. The fourth-order valence-corrected chi connectivity index (χ4v) is 3.30. The van der Waals surface area contributed by atoms with Crippen LogP contribution >= 0.6 is 11.6 Å². The van der Waals surface area contributed by atoms with Crippen LogP contribution in [0.25, 0.3) is 5.82 Å². The fraction of sp³-hybridized carbons (Fsp3) is 0.292. The van der Waals surface area contributed by atoms with Crippen molar-refractivity contribution in [1.29, 1.82) is 0 Å². The van der Waals surface area contributed by atoms with Gasteiger partial charge >= 0.3 is 5.97 Å². The Bertz CT molecular complexity index is 1220. The lowest BCUT2D eigenvalue weighted by Crippen LogP contribution is -2.29. The first-order chi connectivity index (χ1) is 16.2. The van der Waals surface area contributed by atoms with Gasteiger partial charge in [-0.1, -0.05) is 37.6 Å². The number of hydrogen-bond acceptors (Lipinski definition) is 6. The summed E-state index contributed by atoms with van der Waals surface area (Å²) >= 11 is 6.14. The smallest absolute Gasteiger partial charge is 0.359 e. The molecule has 0 bridgehead atoms. The Labute approximate surface area is 202 Å². The number of carbonyl (C=O) groups excluding carboxylic acids is 3. The second-order valence-electron chi connectivity index (χ2n) is 8.11. The third-order valence-corrected chi connectivity index (χ3v) is 5.01. The molecule has 0 radical (unpaired) electrons. The molecule has 0 saturated carbocycles. The van der Waals surface area contributed by atoms with Crippen molar-refractivity contribution in [2.24, 2.45) is 5.92 Å². The van der Waals surface area contributed by atoms with Gasteiger partial charge in [-0.2, -0.15) is 5.10 Å². The predicted molar refractivity (Wildman–Crippen MR) is 128 cm³/mol. The van der Waals surface area contributed by atoms with Crippen molar-refractivity contribution >= 4 is 35.1 Å². The molecule has 0 fully saturated rings. The molecule has 0 aliphatic rings. The highest BCUT2D eigenvalue weighted by atomic mass is 35.5. The lowest BCUT2D eigenvalue weighted by Gasteiger charge is -2.13. The highest BCUT2D eigenvalue weighted by Gasteiger charge is 2.19. The Kier molecular flexibility index (Phi) is 8.01. The molecule has 0 unspecified atom stereocenters. The van der Waals surface area contributed by atoms with Gasteiger partial charge < -0.3 is 15.4 Å². The second-order valence-corrected chi connectivity index (χ2v) is 8.52. The summed E-state index contributed by atoms with van der Waals surface area (Å²) in [5.74, 6) is -1.09. The number of carbonyl (C=O) groups is 3. The van der Waals surface area contributed by atoms with Crippen molar-refractivity contribution in [3.8, 4) is 5.82 Å². The number of rotatable bonds is 8. The van der Waals surface area contributed by atoms with Crippen LogP contribution in [-0.2, 0) is 9.53 Å². The molecular weight excluding hydrogens is 458 g/mol. The lowest BCUT2D eigenvalue weighted by molar-refractivity contribution is -0.119. The minimum atomic E-state index is -0.855. The summed E-state index contributed by atoms with van der Waals surface area (Å²) in [7, 11) is 0. The molecule has 1 aromatic carbocycles. The topological polar surface area (TPSA) is 115 Å². The van der Waals surface area contributed by atoms with Gasteiger partial charge in [-0.05, 0) is 50.1 Å². The van der Waals surface area contributed by atoms with Crippen LogP contribution in [0.4, 0.5) is 5.69 Å². The fourth-order valence-electron chi connectivity index (χ4n) is 3.12. The Morgan fingerprint density at radius 2 is 1.85 bits per heavy atom. The van der Waals surface area contributed by atoms with Crippen LogP contribution in [0, 0.1) is 19.8 Å². The SMILES string of the molecule is Cc1cc(C)n(-c2ccc(Cl)c(C(=O)OCC(=O)Nc3ccccc3C(=O)NCC(C)C)n2)n1. The maximum absolute atomic E-state index is 12.6. The van der Waals surface area contributed by atoms with Gasteiger partial charge in [-0.3, -0.25) is 9.59 Å². The highest BCUT2D eigenvalue weighted by molar-refractivity contribution is 6.33. The van der Waals surface area contributed by atoms with E-state index >= 15 is 0 Å². The van der Waals surface area contributed by atoms with Gasteiger partial charge in [-0.15, -0.1) is 0 Å². The van der Waals surface area contributed by atoms with Gasteiger partial charge in [0.15, 0.2) is 18.1 Å². The molecule has 2 N–H and O–H groups in total. The average molecular weight is 484 g/mol. The number of anilines is 1. The number of aryl methyl sites for hydroxylation is 2. The Morgan fingerprint density at radius 1 is 1.12 bits per heavy atom. The minimum absolute atomic E-state index is 0.0860. The number of nitrogens with zero attached hydrogens (tertiary/aromatic N) is 3. The molecule has 0 spiro atoms. The van der Waals surface area contributed by atoms with Crippen LogP contribution in [0.1, 0.15) is 46.1 Å². The first kappa shape index (κ1) is 24.9. The number of amides is 2. The van der Waals surface area contributed by atoms with Crippen molar-refractivity contribution in [2.45, 2.75) is 27.7 Å². The lowest BCUT2D eigenvalue weighted by atomic mass is 10.1. The molecule has 0 saturated heterocycles. The summed E-state index contributed by atoms with van der Waals surface area (Å²) in [6.45, 7) is 7.59.